The van der Waals surface area contributed by atoms with E-state index in [-0.39, 0.29) is 29.8 Å². The van der Waals surface area contributed by atoms with Gasteiger partial charge in [-0.05, 0) is 49.1 Å². The van der Waals surface area contributed by atoms with E-state index < -0.39 is 11.5 Å². The number of hydrogen-bond acceptors (Lipinski definition) is 6. The first-order valence-corrected chi connectivity index (χ1v) is 11.5. The van der Waals surface area contributed by atoms with Crippen LogP contribution in [-0.2, 0) is 17.8 Å². The van der Waals surface area contributed by atoms with Crippen molar-refractivity contribution in [3.8, 4) is 0 Å². The molecule has 7 heteroatoms. The van der Waals surface area contributed by atoms with Crippen LogP contribution < -0.4 is 5.32 Å². The van der Waals surface area contributed by atoms with Crippen molar-refractivity contribution >= 4 is 17.2 Å². The van der Waals surface area contributed by atoms with Gasteiger partial charge in [-0.15, -0.1) is 11.3 Å². The molecule has 2 aliphatic rings. The molecular formula is C23H31N3O3S. The maximum absolute atomic E-state index is 13.0. The first-order valence-electron chi connectivity index (χ1n) is 10.7. The molecule has 2 aromatic heterocycles. The van der Waals surface area contributed by atoms with Crippen LogP contribution in [0.1, 0.15) is 60.2 Å². The lowest BCUT2D eigenvalue weighted by Gasteiger charge is -2.58. The fourth-order valence-corrected chi connectivity index (χ4v) is 6.77. The molecule has 0 aromatic carbocycles. The zero-order valence-corrected chi connectivity index (χ0v) is 18.7. The lowest BCUT2D eigenvalue weighted by molar-refractivity contribution is -0.144. The molecule has 2 aromatic rings. The highest BCUT2D eigenvalue weighted by Gasteiger charge is 2.59. The molecule has 3 N–H and O–H groups in total. The van der Waals surface area contributed by atoms with E-state index in [4.69, 9.17) is 4.98 Å². The second kappa shape index (κ2) is 8.02. The van der Waals surface area contributed by atoms with Crippen LogP contribution in [0, 0.1) is 23.7 Å². The van der Waals surface area contributed by atoms with Crippen molar-refractivity contribution < 1.29 is 15.0 Å². The van der Waals surface area contributed by atoms with Crippen molar-refractivity contribution in [2.45, 2.75) is 65.0 Å². The van der Waals surface area contributed by atoms with Crippen molar-refractivity contribution in [1.82, 2.24) is 15.3 Å². The number of fused-ring (bicyclic) bond motifs is 2. The third-order valence-electron chi connectivity index (χ3n) is 7.60. The highest BCUT2D eigenvalue weighted by atomic mass is 32.1. The van der Waals surface area contributed by atoms with E-state index in [2.05, 4.69) is 17.2 Å². The quantitative estimate of drug-likeness (QED) is 0.679. The molecule has 4 rings (SSSR count). The summed E-state index contributed by atoms with van der Waals surface area (Å²) < 4.78 is 0. The number of carbonyl (C=O) groups is 1. The maximum atomic E-state index is 13.0. The molecule has 30 heavy (non-hydrogen) atoms. The maximum Gasteiger partial charge on any atom is 0.220 e. The molecule has 2 heterocycles. The van der Waals surface area contributed by atoms with Crippen LogP contribution >= 0.6 is 11.3 Å². The minimum Gasteiger partial charge on any atom is -0.396 e. The van der Waals surface area contributed by atoms with Gasteiger partial charge in [0.1, 0.15) is 0 Å². The Morgan fingerprint density at radius 3 is 2.90 bits per heavy atom. The summed E-state index contributed by atoms with van der Waals surface area (Å²) in [6, 6.07) is 3.81. The van der Waals surface area contributed by atoms with Gasteiger partial charge in [0.2, 0.25) is 5.91 Å². The molecule has 5 unspecified atom stereocenters. The minimum absolute atomic E-state index is 0.000783. The molecular weight excluding hydrogens is 398 g/mol. The van der Waals surface area contributed by atoms with E-state index in [0.29, 0.717) is 19.4 Å². The standard InChI is InChI=1S/C23H31N3O3S/c1-14-26-21-16(9-20(29)25-12-15-5-4-8-24-11-15)22(2)7-6-19(28)23(3,13-27)18(22)10-17(21)30-14/h4-5,8,11,16,18-19,27-28H,6-7,9-10,12-13H2,1-3H3,(H,25,29). The Hall–Kier alpha value is -1.83. The molecule has 0 aliphatic heterocycles. The fourth-order valence-electron chi connectivity index (χ4n) is 5.73. The third kappa shape index (κ3) is 3.57. The van der Waals surface area contributed by atoms with Gasteiger partial charge in [0.25, 0.3) is 0 Å². The van der Waals surface area contributed by atoms with E-state index in [1.54, 1.807) is 23.7 Å². The number of nitrogens with zero attached hydrogens (tertiary/aromatic N) is 2. The average molecular weight is 430 g/mol. The van der Waals surface area contributed by atoms with E-state index >= 15 is 0 Å². The number of hydrogen-bond donors (Lipinski definition) is 3. The smallest absolute Gasteiger partial charge is 0.220 e. The third-order valence-corrected chi connectivity index (χ3v) is 8.61. The molecule has 162 valence electrons. The predicted molar refractivity (Wildman–Crippen MR) is 116 cm³/mol. The summed E-state index contributed by atoms with van der Waals surface area (Å²) in [6.45, 7) is 6.64. The van der Waals surface area contributed by atoms with Crippen molar-refractivity contribution in [3.05, 3.63) is 45.7 Å². The van der Waals surface area contributed by atoms with Gasteiger partial charge in [-0.25, -0.2) is 4.98 Å². The van der Waals surface area contributed by atoms with Crippen LogP contribution in [0.5, 0.6) is 0 Å². The summed E-state index contributed by atoms with van der Waals surface area (Å²) in [5.41, 5.74) is 1.24. The second-order valence-electron chi connectivity index (χ2n) is 9.42. The summed E-state index contributed by atoms with van der Waals surface area (Å²) in [5, 5.41) is 25.1. The lowest BCUT2D eigenvalue weighted by atomic mass is 9.47. The topological polar surface area (TPSA) is 95.3 Å². The van der Waals surface area contributed by atoms with Gasteiger partial charge in [0, 0.05) is 41.6 Å². The van der Waals surface area contributed by atoms with Gasteiger partial charge in [0.15, 0.2) is 0 Å². The van der Waals surface area contributed by atoms with Gasteiger partial charge >= 0.3 is 0 Å². The number of aliphatic hydroxyl groups excluding tert-OH is 2. The van der Waals surface area contributed by atoms with Gasteiger partial charge in [-0.2, -0.15) is 0 Å². The first-order chi connectivity index (χ1) is 14.3. The zero-order valence-electron chi connectivity index (χ0n) is 17.9. The molecule has 1 saturated carbocycles. The van der Waals surface area contributed by atoms with Gasteiger partial charge in [-0.3, -0.25) is 9.78 Å². The van der Waals surface area contributed by atoms with E-state index in [1.807, 2.05) is 26.0 Å². The Labute approximate surface area is 181 Å². The van der Waals surface area contributed by atoms with E-state index in [1.165, 1.54) is 4.88 Å². The summed E-state index contributed by atoms with van der Waals surface area (Å²) in [4.78, 5) is 23.1. The average Bonchev–Trinajstić information content (AvgIpc) is 3.12. The van der Waals surface area contributed by atoms with E-state index in [0.717, 1.165) is 29.1 Å². The number of carbonyl (C=O) groups excluding carboxylic acids is 1. The van der Waals surface area contributed by atoms with Gasteiger partial charge < -0.3 is 15.5 Å². The Morgan fingerprint density at radius 1 is 1.40 bits per heavy atom. The largest absolute Gasteiger partial charge is 0.396 e. The van der Waals surface area contributed by atoms with Gasteiger partial charge in [-0.1, -0.05) is 19.9 Å². The predicted octanol–water partition coefficient (Wildman–Crippen LogP) is 2.97. The number of amides is 1. The molecule has 0 spiro atoms. The minimum atomic E-state index is -0.576. The number of aryl methyl sites for hydroxylation is 1. The van der Waals surface area contributed by atoms with Crippen molar-refractivity contribution in [2.75, 3.05) is 6.61 Å². The normalized spacial score (nSPS) is 32.9. The Morgan fingerprint density at radius 2 is 2.20 bits per heavy atom. The highest BCUT2D eigenvalue weighted by molar-refractivity contribution is 7.11. The summed E-state index contributed by atoms with van der Waals surface area (Å²) in [6.07, 6.45) is 5.57. The summed E-state index contributed by atoms with van der Waals surface area (Å²) in [7, 11) is 0. The SMILES string of the molecule is Cc1nc2c(s1)CC1C(C)(CO)C(O)CCC1(C)C2CC(=O)NCc1cccnc1. The Balaban J connectivity index is 1.62. The molecule has 1 fully saturated rings. The lowest BCUT2D eigenvalue weighted by Crippen LogP contribution is -2.57. The number of nitrogens with one attached hydrogen (secondary N) is 1. The van der Waals surface area contributed by atoms with Crippen molar-refractivity contribution in [2.24, 2.45) is 16.7 Å². The molecule has 5 atom stereocenters. The highest BCUT2D eigenvalue weighted by Crippen LogP contribution is 2.62. The molecule has 0 saturated heterocycles. The monoisotopic (exact) mass is 429 g/mol. The summed E-state index contributed by atoms with van der Waals surface area (Å²) >= 11 is 1.68. The number of pyridine rings is 1. The van der Waals surface area contributed by atoms with Crippen molar-refractivity contribution in [3.63, 3.8) is 0 Å². The number of thiazole rings is 1. The molecule has 0 bridgehead atoms. The first kappa shape index (κ1) is 21.4. The second-order valence-corrected chi connectivity index (χ2v) is 10.7. The molecule has 0 radical (unpaired) electrons. The van der Waals surface area contributed by atoms with Crippen LogP contribution in [0.25, 0.3) is 0 Å². The molecule has 1 amide bonds. The van der Waals surface area contributed by atoms with Crippen molar-refractivity contribution in [1.29, 1.82) is 0 Å². The fraction of sp³-hybridized carbons (Fsp3) is 0.609. The van der Waals surface area contributed by atoms with E-state index in [9.17, 15) is 15.0 Å². The zero-order chi connectivity index (χ0) is 21.5. The van der Waals surface area contributed by atoms with Crippen LogP contribution in [0.4, 0.5) is 0 Å². The molecule has 2 aliphatic carbocycles. The van der Waals surface area contributed by atoms with Crippen LogP contribution in [0.15, 0.2) is 24.5 Å². The molecule has 6 nitrogen and oxygen atoms in total. The van der Waals surface area contributed by atoms with Crippen LogP contribution in [-0.4, -0.2) is 38.8 Å². The van der Waals surface area contributed by atoms with Gasteiger partial charge in [0.05, 0.1) is 23.4 Å². The number of aromatic nitrogens is 2. The number of rotatable bonds is 5. The Bertz CT molecular complexity index is 918. The van der Waals surface area contributed by atoms with Crippen LogP contribution in [0.2, 0.25) is 0 Å². The number of aliphatic hydroxyl groups is 2. The summed E-state index contributed by atoms with van der Waals surface area (Å²) in [5.74, 6) is 0.0739. The Kier molecular flexibility index (Phi) is 5.72. The van der Waals surface area contributed by atoms with Crippen LogP contribution in [0.3, 0.4) is 0 Å².